The molecule has 0 aromatic carbocycles. The van der Waals surface area contributed by atoms with Crippen molar-refractivity contribution in [2.45, 2.75) is 12.3 Å². The average molecular weight is 250 g/mol. The number of hydrogen-bond donors (Lipinski definition) is 1. The Bertz CT molecular complexity index is 471. The van der Waals surface area contributed by atoms with E-state index in [4.69, 9.17) is 0 Å². The van der Waals surface area contributed by atoms with Gasteiger partial charge in [0.05, 0.1) is 16.7 Å². The van der Waals surface area contributed by atoms with Crippen LogP contribution in [0.15, 0.2) is 27.4 Å². The van der Waals surface area contributed by atoms with Gasteiger partial charge in [0.1, 0.15) is 0 Å². The van der Waals surface area contributed by atoms with E-state index < -0.39 is 0 Å². The lowest BCUT2D eigenvalue weighted by Gasteiger charge is -2.23. The number of nitriles is 1. The number of thiophene rings is 1. The highest BCUT2D eigenvalue weighted by Crippen LogP contribution is 2.35. The van der Waals surface area contributed by atoms with Crippen molar-refractivity contribution in [2.75, 3.05) is 6.26 Å². The molecular weight excluding hydrogens is 240 g/mol. The van der Waals surface area contributed by atoms with Crippen molar-refractivity contribution in [3.05, 3.63) is 33.0 Å². The predicted octanol–water partition coefficient (Wildman–Crippen LogP) is 2.45. The van der Waals surface area contributed by atoms with Crippen LogP contribution >= 0.6 is 23.1 Å². The molecule has 0 radical (unpaired) electrons. The lowest BCUT2D eigenvalue weighted by Crippen LogP contribution is -2.30. The molecule has 0 bridgehead atoms. The van der Waals surface area contributed by atoms with Gasteiger partial charge in [0.2, 0.25) is 5.91 Å². The molecule has 3 nitrogen and oxygen atoms in total. The van der Waals surface area contributed by atoms with Crippen LogP contribution in [0.4, 0.5) is 0 Å². The number of carbonyl (C=O) groups excluding carboxylic acids is 1. The van der Waals surface area contributed by atoms with E-state index >= 15 is 0 Å². The first-order valence-corrected chi connectivity index (χ1v) is 6.93. The summed E-state index contributed by atoms with van der Waals surface area (Å²) in [4.78, 5) is 11.5. The third-order valence-corrected chi connectivity index (χ3v) is 3.94. The van der Waals surface area contributed by atoms with Crippen LogP contribution in [0.25, 0.3) is 0 Å². The number of nitrogens with zero attached hydrogens (tertiary/aromatic N) is 1. The smallest absolute Gasteiger partial charge is 0.225 e. The summed E-state index contributed by atoms with van der Waals surface area (Å²) in [6, 6.07) is 4.19. The van der Waals surface area contributed by atoms with E-state index in [1.807, 2.05) is 23.1 Å². The van der Waals surface area contributed by atoms with Gasteiger partial charge in [0, 0.05) is 12.3 Å². The average Bonchev–Trinajstić information content (AvgIpc) is 2.81. The molecule has 1 amide bonds. The maximum Gasteiger partial charge on any atom is 0.225 e. The molecule has 0 saturated heterocycles. The Morgan fingerprint density at radius 1 is 1.69 bits per heavy atom. The molecule has 1 N–H and O–H groups in total. The van der Waals surface area contributed by atoms with Gasteiger partial charge < -0.3 is 5.32 Å². The normalized spacial score (nSPS) is 20.5. The van der Waals surface area contributed by atoms with E-state index in [1.165, 1.54) is 11.8 Å². The van der Waals surface area contributed by atoms with Crippen molar-refractivity contribution in [3.63, 3.8) is 0 Å². The Kier molecular flexibility index (Phi) is 3.32. The van der Waals surface area contributed by atoms with Gasteiger partial charge in [-0.2, -0.15) is 16.6 Å². The van der Waals surface area contributed by atoms with Crippen molar-refractivity contribution in [1.29, 1.82) is 5.26 Å². The highest BCUT2D eigenvalue weighted by molar-refractivity contribution is 8.02. The monoisotopic (exact) mass is 250 g/mol. The van der Waals surface area contributed by atoms with E-state index in [-0.39, 0.29) is 11.8 Å². The summed E-state index contributed by atoms with van der Waals surface area (Å²) in [5.74, 6) is -0.0907. The number of rotatable bonds is 2. The van der Waals surface area contributed by atoms with Gasteiger partial charge in [-0.3, -0.25) is 4.79 Å². The molecule has 0 saturated carbocycles. The molecule has 82 valence electrons. The summed E-state index contributed by atoms with van der Waals surface area (Å²) in [7, 11) is 0. The molecule has 0 spiro atoms. The molecule has 1 aliphatic heterocycles. The molecule has 5 heteroatoms. The minimum Gasteiger partial charge on any atom is -0.320 e. The molecule has 0 aliphatic carbocycles. The van der Waals surface area contributed by atoms with Gasteiger partial charge >= 0.3 is 0 Å². The highest BCUT2D eigenvalue weighted by Gasteiger charge is 2.28. The molecule has 1 aromatic rings. The Hall–Kier alpha value is -1.25. The first-order valence-electron chi connectivity index (χ1n) is 4.76. The second-order valence-corrected chi connectivity index (χ2v) is 5.02. The number of hydrogen-bond acceptors (Lipinski definition) is 4. The van der Waals surface area contributed by atoms with Crippen molar-refractivity contribution in [1.82, 2.24) is 5.32 Å². The van der Waals surface area contributed by atoms with E-state index in [2.05, 4.69) is 11.4 Å². The van der Waals surface area contributed by atoms with Crippen LogP contribution in [0.3, 0.4) is 0 Å². The van der Waals surface area contributed by atoms with E-state index in [0.717, 1.165) is 5.56 Å². The van der Waals surface area contributed by atoms with Crippen LogP contribution < -0.4 is 5.32 Å². The quantitative estimate of drug-likeness (QED) is 0.877. The predicted molar refractivity (Wildman–Crippen MR) is 66.0 cm³/mol. The number of carbonyl (C=O) groups is 1. The van der Waals surface area contributed by atoms with Crippen molar-refractivity contribution in [3.8, 4) is 6.07 Å². The molecule has 2 heterocycles. The topological polar surface area (TPSA) is 52.9 Å². The molecule has 2 rings (SSSR count). The molecule has 0 fully saturated rings. The zero-order chi connectivity index (χ0) is 11.5. The fourth-order valence-electron chi connectivity index (χ4n) is 1.74. The number of thioether (sulfide) groups is 1. The summed E-state index contributed by atoms with van der Waals surface area (Å²) in [6.07, 6.45) is 2.23. The Morgan fingerprint density at radius 2 is 2.50 bits per heavy atom. The van der Waals surface area contributed by atoms with Gasteiger partial charge in [-0.05, 0) is 28.6 Å². The van der Waals surface area contributed by atoms with Crippen molar-refractivity contribution < 1.29 is 4.79 Å². The lowest BCUT2D eigenvalue weighted by molar-refractivity contribution is -0.120. The van der Waals surface area contributed by atoms with Crippen LogP contribution in [0, 0.1) is 11.3 Å². The zero-order valence-corrected chi connectivity index (χ0v) is 10.3. The largest absolute Gasteiger partial charge is 0.320 e. The molecular formula is C11H10N2OS2. The first-order chi connectivity index (χ1) is 7.76. The summed E-state index contributed by atoms with van der Waals surface area (Å²) >= 11 is 3.00. The SMILES string of the molecule is CSC1=C(C#N)C(c2ccsc2)CC(=O)N1. The number of nitrogens with one attached hydrogen (secondary N) is 1. The minimum absolute atomic E-state index is 0.0143. The fraction of sp³-hybridized carbons (Fsp3) is 0.273. The van der Waals surface area contributed by atoms with Crippen molar-refractivity contribution in [2.24, 2.45) is 0 Å². The Morgan fingerprint density at radius 3 is 3.06 bits per heavy atom. The molecule has 1 aliphatic rings. The zero-order valence-electron chi connectivity index (χ0n) is 8.69. The van der Waals surface area contributed by atoms with E-state index in [0.29, 0.717) is 17.0 Å². The summed E-state index contributed by atoms with van der Waals surface area (Å²) in [5, 5.41) is 16.6. The number of allylic oxidation sites excluding steroid dienone is 1. The Balaban J connectivity index is 2.44. The maximum absolute atomic E-state index is 11.5. The van der Waals surface area contributed by atoms with Gasteiger partial charge in [-0.1, -0.05) is 0 Å². The van der Waals surface area contributed by atoms with E-state index in [9.17, 15) is 10.1 Å². The van der Waals surface area contributed by atoms with Crippen molar-refractivity contribution >= 4 is 29.0 Å². The van der Waals surface area contributed by atoms with Crippen LogP contribution in [0.5, 0.6) is 0 Å². The van der Waals surface area contributed by atoms with Gasteiger partial charge in [-0.25, -0.2) is 0 Å². The minimum atomic E-state index is -0.0764. The first kappa shape index (κ1) is 11.2. The van der Waals surface area contributed by atoms with Crippen LogP contribution in [-0.4, -0.2) is 12.2 Å². The van der Waals surface area contributed by atoms with Gasteiger partial charge in [0.25, 0.3) is 0 Å². The molecule has 16 heavy (non-hydrogen) atoms. The fourth-order valence-corrected chi connectivity index (χ4v) is 3.08. The lowest BCUT2D eigenvalue weighted by atomic mass is 9.89. The van der Waals surface area contributed by atoms with Crippen LogP contribution in [0.1, 0.15) is 17.9 Å². The second-order valence-electron chi connectivity index (χ2n) is 3.42. The Labute approximate surface area is 102 Å². The molecule has 1 unspecified atom stereocenters. The van der Waals surface area contributed by atoms with Crippen LogP contribution in [-0.2, 0) is 4.79 Å². The van der Waals surface area contributed by atoms with E-state index in [1.54, 1.807) is 11.3 Å². The number of amides is 1. The highest BCUT2D eigenvalue weighted by atomic mass is 32.2. The molecule has 1 atom stereocenters. The van der Waals surface area contributed by atoms with Crippen LogP contribution in [0.2, 0.25) is 0 Å². The summed E-state index contributed by atoms with van der Waals surface area (Å²) in [6.45, 7) is 0. The summed E-state index contributed by atoms with van der Waals surface area (Å²) < 4.78 is 0. The molecule has 1 aromatic heterocycles. The summed E-state index contributed by atoms with van der Waals surface area (Å²) in [5.41, 5.74) is 1.73. The third-order valence-electron chi connectivity index (χ3n) is 2.51. The standard InChI is InChI=1S/C11H10N2OS2/c1-15-11-9(5-12)8(4-10(14)13-11)7-2-3-16-6-7/h2-3,6,8H,4H2,1H3,(H,13,14). The maximum atomic E-state index is 11.5. The van der Waals surface area contributed by atoms with Gasteiger partial charge in [-0.15, -0.1) is 11.8 Å². The third kappa shape index (κ3) is 1.99. The van der Waals surface area contributed by atoms with Gasteiger partial charge in [0.15, 0.2) is 0 Å². The second kappa shape index (κ2) is 4.73.